The number of carbonyl (C=O) groups excluding carboxylic acids is 1. The lowest BCUT2D eigenvalue weighted by molar-refractivity contribution is 0.100. The van der Waals surface area contributed by atoms with E-state index in [1.165, 1.54) is 18.8 Å². The molecule has 0 bridgehead atoms. The summed E-state index contributed by atoms with van der Waals surface area (Å²) in [5.41, 5.74) is 0.916. The van der Waals surface area contributed by atoms with Crippen LogP contribution in [0.2, 0.25) is 0 Å². The van der Waals surface area contributed by atoms with Gasteiger partial charge in [0.15, 0.2) is 5.76 Å². The fourth-order valence-electron chi connectivity index (χ4n) is 2.93. The van der Waals surface area contributed by atoms with Gasteiger partial charge < -0.3 is 13.6 Å². The Hall–Kier alpha value is -4.40. The van der Waals surface area contributed by atoms with Crippen molar-refractivity contribution in [2.75, 3.05) is 0 Å². The summed E-state index contributed by atoms with van der Waals surface area (Å²) in [5.74, 6) is -1.76. The van der Waals surface area contributed by atoms with Crippen molar-refractivity contribution in [2.24, 2.45) is 7.05 Å². The molecule has 0 aliphatic heterocycles. The van der Waals surface area contributed by atoms with Crippen LogP contribution in [0.5, 0.6) is 0 Å². The lowest BCUT2D eigenvalue weighted by Gasteiger charge is -2.07. The number of benzene rings is 1. The molecule has 0 spiro atoms. The van der Waals surface area contributed by atoms with Crippen molar-refractivity contribution < 1.29 is 18.0 Å². The Bertz CT molecular complexity index is 1310. The molecule has 0 saturated carbocycles. The quantitative estimate of drug-likeness (QED) is 0.309. The number of pyridine rings is 1. The molecule has 0 atom stereocenters. The number of rotatable bonds is 4. The van der Waals surface area contributed by atoms with Crippen LogP contribution in [0.15, 0.2) is 90.6 Å². The summed E-state index contributed by atoms with van der Waals surface area (Å²) in [5, 5.41) is 0. The van der Waals surface area contributed by atoms with Crippen LogP contribution in [-0.2, 0) is 7.05 Å². The summed E-state index contributed by atoms with van der Waals surface area (Å²) in [4.78, 5) is 23.6. The van der Waals surface area contributed by atoms with Gasteiger partial charge in [0, 0.05) is 37.5 Å². The van der Waals surface area contributed by atoms with E-state index in [1.807, 2.05) is 17.8 Å². The predicted molar refractivity (Wildman–Crippen MR) is 112 cm³/mol. The Morgan fingerprint density at radius 1 is 1.03 bits per heavy atom. The number of aromatic nitrogens is 5. The molecule has 9 heteroatoms. The highest BCUT2D eigenvalue weighted by Gasteiger charge is 2.16. The Balaban J connectivity index is 0.000000354. The molecule has 0 aliphatic rings. The highest BCUT2D eigenvalue weighted by molar-refractivity contribution is 6.05. The van der Waals surface area contributed by atoms with Crippen LogP contribution in [-0.4, -0.2) is 29.9 Å². The average Bonchev–Trinajstić information content (AvgIpc) is 3.57. The van der Waals surface area contributed by atoms with E-state index in [4.69, 9.17) is 4.42 Å². The van der Waals surface area contributed by atoms with Gasteiger partial charge in [0.1, 0.15) is 17.8 Å². The second-order valence-electron chi connectivity index (χ2n) is 6.71. The molecule has 4 aromatic heterocycles. The molecule has 5 aromatic rings. The van der Waals surface area contributed by atoms with Crippen LogP contribution in [0.4, 0.5) is 8.78 Å². The van der Waals surface area contributed by atoms with E-state index in [1.54, 1.807) is 53.5 Å². The van der Waals surface area contributed by atoms with Crippen LogP contribution in [0.3, 0.4) is 0 Å². The Morgan fingerprint density at radius 2 is 1.91 bits per heavy atom. The molecular formula is C23H17F2N5O2. The Morgan fingerprint density at radius 3 is 2.56 bits per heavy atom. The van der Waals surface area contributed by atoms with Gasteiger partial charge in [-0.3, -0.25) is 4.79 Å². The standard InChI is InChI=1S/C19H11F2N3O2.C4H6N2/c20-14-6-7-22-19(21)17(14)12-3-1-4-13(9-12)24-10-15(23-11-24)18(25)16-5-2-8-26-16;1-6-3-2-5-4-6/h1-11H;2-4H,1H3. The number of nitrogens with zero attached hydrogens (tertiary/aromatic N) is 5. The van der Waals surface area contributed by atoms with Gasteiger partial charge in [-0.1, -0.05) is 12.1 Å². The lowest BCUT2D eigenvalue weighted by Crippen LogP contribution is -2.00. The normalized spacial score (nSPS) is 10.5. The minimum Gasteiger partial charge on any atom is -0.461 e. The van der Waals surface area contributed by atoms with Crippen molar-refractivity contribution in [3.05, 3.63) is 109 Å². The molecule has 0 aliphatic carbocycles. The van der Waals surface area contributed by atoms with Crippen molar-refractivity contribution in [1.29, 1.82) is 0 Å². The highest BCUT2D eigenvalue weighted by atomic mass is 19.1. The second-order valence-corrected chi connectivity index (χ2v) is 6.71. The van der Waals surface area contributed by atoms with E-state index < -0.39 is 11.8 Å². The van der Waals surface area contributed by atoms with Crippen LogP contribution >= 0.6 is 0 Å². The lowest BCUT2D eigenvalue weighted by atomic mass is 10.1. The smallest absolute Gasteiger partial charge is 0.248 e. The summed E-state index contributed by atoms with van der Waals surface area (Å²) >= 11 is 0. The molecule has 0 amide bonds. The van der Waals surface area contributed by atoms with Gasteiger partial charge >= 0.3 is 0 Å². The monoisotopic (exact) mass is 433 g/mol. The van der Waals surface area contributed by atoms with E-state index in [2.05, 4.69) is 15.0 Å². The highest BCUT2D eigenvalue weighted by Crippen LogP contribution is 2.26. The van der Waals surface area contributed by atoms with E-state index in [0.29, 0.717) is 11.3 Å². The summed E-state index contributed by atoms with van der Waals surface area (Å²) < 4.78 is 36.5. The van der Waals surface area contributed by atoms with Gasteiger partial charge in [-0.15, -0.1) is 0 Å². The maximum Gasteiger partial charge on any atom is 0.248 e. The molecule has 160 valence electrons. The van der Waals surface area contributed by atoms with Gasteiger partial charge in [-0.05, 0) is 35.9 Å². The number of carbonyl (C=O) groups is 1. The summed E-state index contributed by atoms with van der Waals surface area (Å²) in [7, 11) is 1.94. The van der Waals surface area contributed by atoms with E-state index >= 15 is 0 Å². The van der Waals surface area contributed by atoms with E-state index in [9.17, 15) is 13.6 Å². The predicted octanol–water partition coefficient (Wildman–Crippen LogP) is 4.46. The zero-order chi connectivity index (χ0) is 22.5. The molecule has 0 unspecified atom stereocenters. The minimum absolute atomic E-state index is 0.184. The molecule has 5 rings (SSSR count). The first-order valence-electron chi connectivity index (χ1n) is 9.48. The third-order valence-corrected chi connectivity index (χ3v) is 4.48. The zero-order valence-corrected chi connectivity index (χ0v) is 16.9. The fourth-order valence-corrected chi connectivity index (χ4v) is 2.93. The summed E-state index contributed by atoms with van der Waals surface area (Å²) in [6.45, 7) is 0. The third kappa shape index (κ3) is 4.51. The average molecular weight is 433 g/mol. The van der Waals surface area contributed by atoms with Crippen molar-refractivity contribution in [1.82, 2.24) is 24.1 Å². The van der Waals surface area contributed by atoms with Crippen molar-refractivity contribution >= 4 is 5.78 Å². The van der Waals surface area contributed by atoms with Crippen molar-refractivity contribution in [2.45, 2.75) is 0 Å². The summed E-state index contributed by atoms with van der Waals surface area (Å²) in [6, 6.07) is 10.8. The molecule has 0 fully saturated rings. The minimum atomic E-state index is -0.888. The Kier molecular flexibility index (Phi) is 5.98. The van der Waals surface area contributed by atoms with Gasteiger partial charge in [-0.2, -0.15) is 4.39 Å². The maximum atomic E-state index is 14.0. The van der Waals surface area contributed by atoms with E-state index in [0.717, 1.165) is 12.3 Å². The summed E-state index contributed by atoms with van der Waals surface area (Å²) in [6.07, 6.45) is 10.8. The van der Waals surface area contributed by atoms with Gasteiger partial charge in [-0.25, -0.2) is 19.3 Å². The SMILES string of the molecule is Cn1ccnc1.O=C(c1cn(-c2cccc(-c3c(F)ccnc3F)c2)cn1)c1ccco1. The molecule has 0 saturated heterocycles. The van der Waals surface area contributed by atoms with Gasteiger partial charge in [0.25, 0.3) is 0 Å². The van der Waals surface area contributed by atoms with Crippen molar-refractivity contribution in [3.8, 4) is 16.8 Å². The first kappa shape index (κ1) is 20.9. The van der Waals surface area contributed by atoms with Crippen LogP contribution in [0.1, 0.15) is 16.2 Å². The Labute approximate surface area is 181 Å². The molecule has 0 N–H and O–H groups in total. The number of halogens is 2. The van der Waals surface area contributed by atoms with Crippen LogP contribution in [0, 0.1) is 11.8 Å². The molecule has 32 heavy (non-hydrogen) atoms. The number of ketones is 1. The number of furan rings is 1. The van der Waals surface area contributed by atoms with Gasteiger partial charge in [0.05, 0.1) is 18.2 Å². The number of imidazole rings is 2. The molecule has 4 heterocycles. The van der Waals surface area contributed by atoms with Gasteiger partial charge in [0.2, 0.25) is 11.7 Å². The molecular weight excluding hydrogens is 416 g/mol. The molecule has 1 aromatic carbocycles. The third-order valence-electron chi connectivity index (χ3n) is 4.48. The fraction of sp³-hybridized carbons (Fsp3) is 0.0435. The van der Waals surface area contributed by atoms with Crippen LogP contribution in [0.25, 0.3) is 16.8 Å². The van der Waals surface area contributed by atoms with E-state index in [-0.39, 0.29) is 22.8 Å². The topological polar surface area (TPSA) is 78.7 Å². The maximum absolute atomic E-state index is 14.0. The largest absolute Gasteiger partial charge is 0.461 e. The first-order valence-corrected chi connectivity index (χ1v) is 9.48. The molecule has 7 nitrogen and oxygen atoms in total. The second kappa shape index (κ2) is 9.17. The van der Waals surface area contributed by atoms with Crippen molar-refractivity contribution in [3.63, 3.8) is 0 Å². The number of hydrogen-bond donors (Lipinski definition) is 0. The first-order chi connectivity index (χ1) is 15.5. The zero-order valence-electron chi connectivity index (χ0n) is 16.9. The number of hydrogen-bond acceptors (Lipinski definition) is 5. The van der Waals surface area contributed by atoms with Crippen LogP contribution < -0.4 is 0 Å². The molecule has 0 radical (unpaired) electrons. The number of aryl methyl sites for hydroxylation is 1.